The van der Waals surface area contributed by atoms with Gasteiger partial charge in [-0.15, -0.1) is 0 Å². The first kappa shape index (κ1) is 18.2. The van der Waals surface area contributed by atoms with Gasteiger partial charge in [0.15, 0.2) is 0 Å². The molecule has 136 valence electrons. The van der Waals surface area contributed by atoms with Crippen molar-refractivity contribution in [3.05, 3.63) is 10.7 Å². The molecule has 0 aromatic carbocycles. The molecular weight excluding hydrogens is 344 g/mol. The molecule has 0 spiro atoms. The molecule has 0 saturated carbocycles. The molecule has 3 aliphatic rings. The van der Waals surface area contributed by atoms with Crippen LogP contribution in [0.4, 0.5) is 0 Å². The third kappa shape index (κ3) is 4.15. The predicted octanol–water partition coefficient (Wildman–Crippen LogP) is -0.611. The van der Waals surface area contributed by atoms with Gasteiger partial charge in [-0.2, -0.15) is 0 Å². The van der Waals surface area contributed by atoms with E-state index in [-0.39, 0.29) is 23.2 Å². The number of ether oxygens (including phenoxy) is 1. The van der Waals surface area contributed by atoms with Crippen molar-refractivity contribution in [1.82, 2.24) is 19.6 Å². The van der Waals surface area contributed by atoms with E-state index in [0.717, 1.165) is 31.1 Å². The Morgan fingerprint density at radius 2 is 1.60 bits per heavy atom. The molecule has 2 saturated heterocycles. The fourth-order valence-corrected chi connectivity index (χ4v) is 3.35. The summed E-state index contributed by atoms with van der Waals surface area (Å²) in [5.41, 5.74) is 0.288. The van der Waals surface area contributed by atoms with Crippen LogP contribution in [0.3, 0.4) is 0 Å². The van der Waals surface area contributed by atoms with Gasteiger partial charge in [-0.25, -0.2) is 0 Å². The van der Waals surface area contributed by atoms with Gasteiger partial charge in [0.05, 0.1) is 26.3 Å². The van der Waals surface area contributed by atoms with E-state index in [1.54, 1.807) is 0 Å². The third-order valence-corrected chi connectivity index (χ3v) is 5.02. The van der Waals surface area contributed by atoms with Crippen molar-refractivity contribution in [3.8, 4) is 11.8 Å². The summed E-state index contributed by atoms with van der Waals surface area (Å²) in [6, 6.07) is 0. The number of morpholine rings is 1. The number of carbonyl (C=O) groups excluding carboxylic acids is 2. The SMILES string of the molecule is CN1CCN(CC#CCN2C(=O)C(Cl)=C(N3CCOCC3)C2=O)CC1. The molecule has 7 nitrogen and oxygen atoms in total. The van der Waals surface area contributed by atoms with Crippen molar-refractivity contribution in [3.63, 3.8) is 0 Å². The standard InChI is InChI=1S/C17H23ClN4O3/c1-19-6-8-20(9-7-19)4-2-3-5-22-16(23)14(18)15(17(22)24)21-10-12-25-13-11-21/h4-13H2,1H3. The van der Waals surface area contributed by atoms with Crippen molar-refractivity contribution in [2.45, 2.75) is 0 Å². The minimum atomic E-state index is -0.456. The van der Waals surface area contributed by atoms with E-state index in [2.05, 4.69) is 28.7 Å². The molecule has 3 rings (SSSR count). The summed E-state index contributed by atoms with van der Waals surface area (Å²) in [6.07, 6.45) is 0. The van der Waals surface area contributed by atoms with Gasteiger partial charge in [0.2, 0.25) is 0 Å². The fourth-order valence-electron chi connectivity index (χ4n) is 3.05. The van der Waals surface area contributed by atoms with Gasteiger partial charge in [-0.1, -0.05) is 23.4 Å². The molecule has 0 N–H and O–H groups in total. The molecule has 3 aliphatic heterocycles. The highest BCUT2D eigenvalue weighted by Gasteiger charge is 2.40. The summed E-state index contributed by atoms with van der Waals surface area (Å²) < 4.78 is 5.28. The highest BCUT2D eigenvalue weighted by atomic mass is 35.5. The number of rotatable bonds is 3. The second-order valence-corrected chi connectivity index (χ2v) is 6.77. The van der Waals surface area contributed by atoms with Crippen LogP contribution in [0.25, 0.3) is 0 Å². The largest absolute Gasteiger partial charge is 0.378 e. The van der Waals surface area contributed by atoms with Gasteiger partial charge < -0.3 is 14.5 Å². The molecule has 2 fully saturated rings. The third-order valence-electron chi connectivity index (χ3n) is 4.68. The molecule has 0 aliphatic carbocycles. The number of imide groups is 1. The van der Waals surface area contributed by atoms with E-state index in [1.165, 1.54) is 0 Å². The zero-order chi connectivity index (χ0) is 17.8. The average Bonchev–Trinajstić information content (AvgIpc) is 2.84. The van der Waals surface area contributed by atoms with Crippen LogP contribution in [0, 0.1) is 11.8 Å². The summed E-state index contributed by atoms with van der Waals surface area (Å²) in [7, 11) is 2.11. The van der Waals surface area contributed by atoms with Crippen LogP contribution < -0.4 is 0 Å². The first-order valence-electron chi connectivity index (χ1n) is 8.53. The number of halogens is 1. The number of carbonyl (C=O) groups is 2. The summed E-state index contributed by atoms with van der Waals surface area (Å²) in [6.45, 7) is 6.96. The molecule has 0 bridgehead atoms. The van der Waals surface area contributed by atoms with Crippen LogP contribution >= 0.6 is 11.6 Å². The van der Waals surface area contributed by atoms with Crippen molar-refractivity contribution in [1.29, 1.82) is 0 Å². The van der Waals surface area contributed by atoms with Crippen LogP contribution in [0.5, 0.6) is 0 Å². The number of likely N-dealkylation sites (N-methyl/N-ethyl adjacent to an activating group) is 1. The maximum absolute atomic E-state index is 12.6. The lowest BCUT2D eigenvalue weighted by Gasteiger charge is -2.30. The van der Waals surface area contributed by atoms with Crippen LogP contribution in [-0.4, -0.2) is 104 Å². The number of hydrogen-bond donors (Lipinski definition) is 0. The Balaban J connectivity index is 1.55. The average molecular weight is 367 g/mol. The van der Waals surface area contributed by atoms with E-state index in [4.69, 9.17) is 16.3 Å². The second kappa shape index (κ2) is 8.19. The lowest BCUT2D eigenvalue weighted by atomic mass is 10.3. The van der Waals surface area contributed by atoms with Gasteiger partial charge in [-0.05, 0) is 7.05 Å². The Hall–Kier alpha value is -1.59. The summed E-state index contributed by atoms with van der Waals surface area (Å²) in [4.78, 5) is 32.3. The highest BCUT2D eigenvalue weighted by Crippen LogP contribution is 2.26. The molecule has 0 radical (unpaired) electrons. The Kier molecular flexibility index (Phi) is 5.97. The minimum absolute atomic E-state index is 0.00670. The van der Waals surface area contributed by atoms with Crippen molar-refractivity contribution in [2.75, 3.05) is 72.6 Å². The molecule has 2 amide bonds. The maximum atomic E-state index is 12.6. The van der Waals surface area contributed by atoms with Crippen molar-refractivity contribution < 1.29 is 14.3 Å². The smallest absolute Gasteiger partial charge is 0.279 e. The summed E-state index contributed by atoms with van der Waals surface area (Å²) in [5.74, 6) is 5.19. The monoisotopic (exact) mass is 366 g/mol. The van der Waals surface area contributed by atoms with Crippen molar-refractivity contribution >= 4 is 23.4 Å². The molecule has 0 atom stereocenters. The number of hydrogen-bond acceptors (Lipinski definition) is 6. The number of piperazine rings is 1. The van der Waals surface area contributed by atoms with E-state index in [9.17, 15) is 9.59 Å². The van der Waals surface area contributed by atoms with Gasteiger partial charge >= 0.3 is 0 Å². The van der Waals surface area contributed by atoms with Gasteiger partial charge in [0, 0.05) is 39.3 Å². The van der Waals surface area contributed by atoms with Gasteiger partial charge in [0.1, 0.15) is 10.7 Å². The first-order chi connectivity index (χ1) is 12.1. The molecule has 0 unspecified atom stereocenters. The van der Waals surface area contributed by atoms with E-state index in [1.807, 2.05) is 4.90 Å². The van der Waals surface area contributed by atoms with Crippen LogP contribution in [0.2, 0.25) is 0 Å². The lowest BCUT2D eigenvalue weighted by Crippen LogP contribution is -2.44. The molecule has 0 aromatic heterocycles. The van der Waals surface area contributed by atoms with Crippen molar-refractivity contribution in [2.24, 2.45) is 0 Å². The molecule has 25 heavy (non-hydrogen) atoms. The zero-order valence-corrected chi connectivity index (χ0v) is 15.2. The topological polar surface area (TPSA) is 56.3 Å². The van der Waals surface area contributed by atoms with Gasteiger partial charge in [-0.3, -0.25) is 19.4 Å². The highest BCUT2D eigenvalue weighted by molar-refractivity contribution is 6.47. The normalized spacial score (nSPS) is 23.3. The minimum Gasteiger partial charge on any atom is -0.378 e. The van der Waals surface area contributed by atoms with Gasteiger partial charge in [0.25, 0.3) is 11.8 Å². The Labute approximate surface area is 153 Å². The first-order valence-corrected chi connectivity index (χ1v) is 8.91. The fraction of sp³-hybridized carbons (Fsp3) is 0.647. The van der Waals surface area contributed by atoms with Crippen LogP contribution in [0.1, 0.15) is 0 Å². The quantitative estimate of drug-likeness (QED) is 0.490. The molecule has 0 aromatic rings. The lowest BCUT2D eigenvalue weighted by molar-refractivity contribution is -0.137. The number of nitrogens with zero attached hydrogens (tertiary/aromatic N) is 4. The zero-order valence-electron chi connectivity index (χ0n) is 14.5. The second-order valence-electron chi connectivity index (χ2n) is 6.39. The van der Waals surface area contributed by atoms with E-state index < -0.39 is 5.91 Å². The van der Waals surface area contributed by atoms with E-state index >= 15 is 0 Å². The van der Waals surface area contributed by atoms with Crippen LogP contribution in [-0.2, 0) is 14.3 Å². The molecule has 8 heteroatoms. The summed E-state index contributed by atoms with van der Waals surface area (Å²) >= 11 is 6.12. The summed E-state index contributed by atoms with van der Waals surface area (Å²) in [5, 5.41) is -0.00670. The molecule has 3 heterocycles. The maximum Gasteiger partial charge on any atom is 0.279 e. The Bertz CT molecular complexity index is 626. The molecular formula is C17H23ClN4O3. The van der Waals surface area contributed by atoms with E-state index in [0.29, 0.717) is 32.8 Å². The number of amides is 2. The Morgan fingerprint density at radius 1 is 0.960 bits per heavy atom. The predicted molar refractivity (Wildman–Crippen MR) is 93.7 cm³/mol. The van der Waals surface area contributed by atoms with Crippen LogP contribution in [0.15, 0.2) is 10.7 Å². The Morgan fingerprint density at radius 3 is 2.28 bits per heavy atom.